The summed E-state index contributed by atoms with van der Waals surface area (Å²) in [6, 6.07) is -1.66. The average Bonchev–Trinajstić information content (AvgIpc) is 1.70. The van der Waals surface area contributed by atoms with Crippen LogP contribution in [0.15, 0.2) is 4.99 Å². The summed E-state index contributed by atoms with van der Waals surface area (Å²) in [6.45, 7) is 48.0. The molecule has 0 aromatic carbocycles. The second kappa shape index (κ2) is 49.3. The number of carbonyl (C=O) groups is 14. The van der Waals surface area contributed by atoms with Crippen LogP contribution in [0.25, 0.3) is 0 Å². The van der Waals surface area contributed by atoms with Crippen molar-refractivity contribution in [1.82, 2.24) is 25.3 Å². The van der Waals surface area contributed by atoms with Crippen LogP contribution in [0, 0.1) is 7.43 Å². The molecule has 32 heteroatoms. The molecule has 9 atom stereocenters. The van der Waals surface area contributed by atoms with Gasteiger partial charge in [0, 0.05) is 36.7 Å². The average molecular weight is 1540 g/mol. The maximum Gasteiger partial charge on any atom is 2.00 e. The zero-order chi connectivity index (χ0) is 77.1. The van der Waals surface area contributed by atoms with Crippen LogP contribution in [-0.4, -0.2) is 225 Å². The predicted octanol–water partition coefficient (Wildman–Crippen LogP) is 6.25. The Morgan fingerprint density at radius 3 is 1.20 bits per heavy atom. The van der Waals surface area contributed by atoms with Gasteiger partial charge in [0.25, 0.3) is 0 Å². The van der Waals surface area contributed by atoms with E-state index in [9.17, 15) is 67.1 Å². The summed E-state index contributed by atoms with van der Waals surface area (Å²) in [7, 11) is 0. The van der Waals surface area contributed by atoms with Crippen molar-refractivity contribution in [3.63, 3.8) is 0 Å². The number of nitrogens with one attached hydrogen (secondary N) is 2. The first-order valence-electron chi connectivity index (χ1n) is 33.4. The normalized spacial score (nSPS) is 20.4. The molecule has 29 nitrogen and oxygen atoms in total. The number of nitrogens with zero attached hydrogens (tertiary/aromatic N) is 4. The maximum atomic E-state index is 11.9. The molecule has 4 N–H and O–H groups in total. The van der Waals surface area contributed by atoms with Gasteiger partial charge in [0.1, 0.15) is 63.3 Å². The van der Waals surface area contributed by atoms with Crippen molar-refractivity contribution in [1.29, 1.82) is 0 Å². The molecule has 0 bridgehead atoms. The van der Waals surface area contributed by atoms with E-state index in [1.807, 2.05) is 41.5 Å². The van der Waals surface area contributed by atoms with Crippen LogP contribution in [0.2, 0.25) is 0 Å². The van der Waals surface area contributed by atoms with Gasteiger partial charge in [-0.2, -0.15) is 0 Å². The van der Waals surface area contributed by atoms with Crippen molar-refractivity contribution in [2.75, 3.05) is 0 Å². The largest absolute Gasteiger partial charge is 2.00 e. The molecule has 4 saturated heterocycles. The van der Waals surface area contributed by atoms with Crippen molar-refractivity contribution in [2.24, 2.45) is 4.99 Å². The van der Waals surface area contributed by atoms with Crippen LogP contribution >= 0.6 is 0 Å². The van der Waals surface area contributed by atoms with Crippen LogP contribution in [0.3, 0.4) is 0 Å². The van der Waals surface area contributed by atoms with E-state index in [-0.39, 0.29) is 162 Å². The number of hydrogen-bond acceptors (Lipinski definition) is 24. The molecule has 0 aromatic heterocycles. The van der Waals surface area contributed by atoms with Crippen molar-refractivity contribution in [2.45, 2.75) is 359 Å². The third-order valence-electron chi connectivity index (χ3n) is 14.0. The minimum Gasteiger partial charge on any atom is -1.00 e. The Hall–Kier alpha value is -5.59. The smallest absolute Gasteiger partial charge is 1.00 e. The van der Waals surface area contributed by atoms with Crippen molar-refractivity contribution < 1.29 is 147 Å². The first-order valence-corrected chi connectivity index (χ1v) is 33.4. The molecule has 5 aliphatic heterocycles. The Morgan fingerprint density at radius 2 is 0.913 bits per heavy atom. The summed E-state index contributed by atoms with van der Waals surface area (Å²) in [4.78, 5) is 166. The Bertz CT molecular complexity index is 2710. The van der Waals surface area contributed by atoms with Crippen LogP contribution in [0.1, 0.15) is 271 Å². The minimum absolute atomic E-state index is 0. The third kappa shape index (κ3) is 50.5. The van der Waals surface area contributed by atoms with E-state index >= 15 is 0 Å². The molecule has 1 unspecified atom stereocenters. The monoisotopic (exact) mass is 1540 g/mol. The Balaban J connectivity index is -0.000000209. The molecule has 0 saturated carbocycles. The second-order valence-corrected chi connectivity index (χ2v) is 30.9. The van der Waals surface area contributed by atoms with Gasteiger partial charge in [0.15, 0.2) is 23.1 Å². The molecule has 0 aliphatic carbocycles. The molecule has 0 aromatic rings. The fourth-order valence-corrected chi connectivity index (χ4v) is 9.53. The molecule has 586 valence electrons. The van der Waals surface area contributed by atoms with Crippen LogP contribution in [0.5, 0.6) is 0 Å². The third-order valence-corrected chi connectivity index (χ3v) is 14.0. The van der Waals surface area contributed by atoms with Crippen LogP contribution < -0.4 is 46.5 Å². The van der Waals surface area contributed by atoms with Crippen molar-refractivity contribution >= 4 is 112 Å². The van der Waals surface area contributed by atoms with Gasteiger partial charge in [0.05, 0.1) is 18.1 Å². The van der Waals surface area contributed by atoms with E-state index in [2.05, 4.69) is 27.3 Å². The molecule has 5 rings (SSSR count). The summed E-state index contributed by atoms with van der Waals surface area (Å²) < 4.78 is 34.4. The summed E-state index contributed by atoms with van der Waals surface area (Å²) in [5, 5.41) is 14.7. The number of aliphatic carboxylic acids is 1. The van der Waals surface area contributed by atoms with Gasteiger partial charge in [0.2, 0.25) is 5.91 Å². The molecule has 5 heterocycles. The van der Waals surface area contributed by atoms with Crippen molar-refractivity contribution in [3.8, 4) is 0 Å². The van der Waals surface area contributed by atoms with Crippen LogP contribution in [-0.2, 0) is 71.5 Å². The van der Waals surface area contributed by atoms with Crippen LogP contribution in [0.4, 0.5) is 28.8 Å². The number of alkyl carbamates (subject to hydrolysis) is 1. The Labute approximate surface area is 651 Å². The first kappa shape index (κ1) is 111. The van der Waals surface area contributed by atoms with Gasteiger partial charge in [-0.15, -0.1) is 0 Å². The molecular formula is C71H124BrLiMgN6O23. The number of halogens is 1. The molecular weight excluding hydrogens is 1420 g/mol. The summed E-state index contributed by atoms with van der Waals surface area (Å²) >= 11 is 0. The van der Waals surface area contributed by atoms with Gasteiger partial charge >= 0.3 is 84.6 Å². The van der Waals surface area contributed by atoms with Crippen molar-refractivity contribution in [3.05, 3.63) is 7.43 Å². The van der Waals surface area contributed by atoms with E-state index in [0.29, 0.717) is 31.7 Å². The van der Waals surface area contributed by atoms with E-state index in [4.69, 9.17) is 33.5 Å². The van der Waals surface area contributed by atoms with Gasteiger partial charge in [-0.1, -0.05) is 0 Å². The number of amides is 5. The predicted molar refractivity (Wildman–Crippen MR) is 381 cm³/mol. The van der Waals surface area contributed by atoms with E-state index in [1.54, 1.807) is 123 Å². The molecule has 5 amide bonds. The van der Waals surface area contributed by atoms with Gasteiger partial charge < -0.3 is 83.6 Å². The SMILES string of the molecule is CC(=O)C1CCC(=O)N1C(=O)OC(C)(C)C.CC(=O)CC[C@H](NC(=O)OC(C)(C)C)C(C)=O.CC(=O)[C@@H]1CCC(C)=N1.CC(=O)[C@@H]1CC[C@H](C)N1.CC(=O)[C@@H]1CC[C@H](C)N1C(=O)OC(C)(C)C.CC(C)(C)OC(=O)OC(=O)OC(C)(C)C.C[C@H]1CC[C@@H](C(=O)O)N1C(=O)OC(C)(C)C.[Br-].[CH3-].[Li+].[Mg+2].[OH-]. The molecule has 5 aliphatic rings. The van der Waals surface area contributed by atoms with E-state index in [1.165, 1.54) is 32.6 Å². The molecule has 103 heavy (non-hydrogen) atoms. The van der Waals surface area contributed by atoms with E-state index < -0.39 is 88.3 Å². The summed E-state index contributed by atoms with van der Waals surface area (Å²) in [6.07, 6.45) is 3.71. The van der Waals surface area contributed by atoms with E-state index in [0.717, 1.165) is 49.1 Å². The van der Waals surface area contributed by atoms with Gasteiger partial charge in [-0.05, 0) is 258 Å². The first-order chi connectivity index (χ1) is 44.2. The number of carbonyl (C=O) groups excluding carboxylic acids is 13. The fraction of sp³-hybridized carbons (Fsp3) is 0.775. The molecule has 4 fully saturated rings. The number of aliphatic imine (C=N–C) groups is 1. The fourth-order valence-electron chi connectivity index (χ4n) is 9.53. The number of likely N-dealkylation sites (tertiary alicyclic amines) is 3. The number of ketones is 6. The summed E-state index contributed by atoms with van der Waals surface area (Å²) in [5.41, 5.74) is -2.65. The number of hydrogen-bond donors (Lipinski definition) is 3. The quantitative estimate of drug-likeness (QED) is 0.0715. The van der Waals surface area contributed by atoms with Gasteiger partial charge in [-0.25, -0.2) is 38.5 Å². The Kier molecular flexibility index (Phi) is 53.0. The topological polar surface area (TPSA) is 400 Å². The molecule has 0 radical (unpaired) electrons. The maximum absolute atomic E-state index is 11.9. The number of carboxylic acids is 1. The second-order valence-electron chi connectivity index (χ2n) is 30.9. The zero-order valence-corrected chi connectivity index (χ0v) is 70.5. The summed E-state index contributed by atoms with van der Waals surface area (Å²) in [5.74, 6) is -1.16. The number of ether oxygens (including phenoxy) is 7. The number of Topliss-reactive ketones (excluding diaryl/α,β-unsaturated/α-hetero) is 6. The number of imide groups is 1. The number of rotatable bonds is 10. The number of carboxylic acid groups (broad SMARTS) is 1. The Morgan fingerprint density at radius 1 is 0.524 bits per heavy atom. The standard InChI is InChI=1S/C12H21NO4.C12H21NO3.C11H17NO4.C11H19NO4.C10H18O5.C7H13NO.C7H11NO.CH3.BrH.Li.Mg.H2O/c1-8(14)6-7-10(9(2)15)13-11(16)17-12(3,4)5;1-8-6-7-10(9(2)14)13(8)11(15)16-12(3,4)5;1-7(13)8-5-6-9(14)12(8)10(15)16-11(2,3)4;1-7-5-6-8(9(13)14)12(7)10(15)16-11(2,3)4;1-9(2,3)14-7(11)13-8(12)15-10(4,5)6;2*1-5-3-4-7(8-5)6(2)9;;;;;/h10H,6-7H2,1-5H3,(H,13,16);8,10H,6-7H2,1-5H3;8H,5-6H2,1-4H3;7-8H,5-6H2,1-4H3,(H,13,14);1-6H3;5,7-8H,3-4H2,1-2H3;7H,3-4H2,1-2H3;1H3;1H;;;1H2/q;;;;;;;-1;;+1;+2;/p-2/t10-;8-,10-;;7-,8-;;5-,7-;7-;;;;;/m00.0.00...../s1. The molecule has 0 spiro atoms. The zero-order valence-electron chi connectivity index (χ0n) is 67.5. The van der Waals surface area contributed by atoms with Gasteiger partial charge in [-0.3, -0.25) is 43.6 Å². The minimum atomic E-state index is -1.06.